The number of aliphatic hydroxyl groups excluding tert-OH is 2. The van der Waals surface area contributed by atoms with Crippen LogP contribution in [-0.2, 0) is 9.53 Å². The molecule has 2 heterocycles. The quantitative estimate of drug-likeness (QED) is 0.287. The Balaban J connectivity index is 0.000000314. The minimum Gasteiger partial charge on any atom is -0.480 e. The molecule has 11 heteroatoms. The van der Waals surface area contributed by atoms with Gasteiger partial charge in [0.2, 0.25) is 0 Å². The molecular weight excluding hydrogens is 360 g/mol. The minimum absolute atomic E-state index is 0.205. The van der Waals surface area contributed by atoms with Crippen molar-refractivity contribution < 1.29 is 24.9 Å². The van der Waals surface area contributed by atoms with Crippen LogP contribution in [0.2, 0.25) is 0 Å². The number of ether oxygens (including phenoxy) is 1. The molecule has 8 N–H and O–H groups in total. The van der Waals surface area contributed by atoms with Gasteiger partial charge in [-0.3, -0.25) is 19.1 Å². The Hall–Kier alpha value is -2.05. The van der Waals surface area contributed by atoms with E-state index in [9.17, 15) is 19.5 Å². The number of aromatic amines is 1. The van der Waals surface area contributed by atoms with Gasteiger partial charge in [-0.15, -0.1) is 0 Å². The van der Waals surface area contributed by atoms with Crippen molar-refractivity contribution in [1.82, 2.24) is 9.55 Å². The van der Waals surface area contributed by atoms with Gasteiger partial charge in [0.05, 0.1) is 12.7 Å². The van der Waals surface area contributed by atoms with Crippen LogP contribution >= 0.6 is 0 Å². The minimum atomic E-state index is -0.933. The molecule has 154 valence electrons. The molecule has 0 saturated carbocycles. The summed E-state index contributed by atoms with van der Waals surface area (Å²) in [6.45, 7) is 1.87. The Bertz CT molecular complexity index is 717. The lowest BCUT2D eigenvalue weighted by Gasteiger charge is -2.14. The van der Waals surface area contributed by atoms with Crippen LogP contribution in [0.15, 0.2) is 15.8 Å². The number of hydrogen-bond acceptors (Lipinski definition) is 8. The zero-order chi connectivity index (χ0) is 20.6. The second-order valence-electron chi connectivity index (χ2n) is 6.32. The summed E-state index contributed by atoms with van der Waals surface area (Å²) in [6, 6.07) is -0.716. The molecule has 1 aromatic heterocycles. The summed E-state index contributed by atoms with van der Waals surface area (Å²) in [5, 5.41) is 26.8. The van der Waals surface area contributed by atoms with Crippen LogP contribution in [0.5, 0.6) is 0 Å². The topological polar surface area (TPSA) is 194 Å². The van der Waals surface area contributed by atoms with Crippen molar-refractivity contribution >= 4 is 5.97 Å². The normalized spacial score (nSPS) is 22.8. The van der Waals surface area contributed by atoms with Crippen LogP contribution < -0.4 is 22.7 Å². The fourth-order valence-electron chi connectivity index (χ4n) is 2.48. The SMILES string of the molecule is Cc1cn([C@H]2C[C@H](O)[C@@H](CO)O2)c(=O)[nH]c1=O.NCCCCC(N)C(=O)O. The molecule has 1 saturated heterocycles. The number of rotatable bonds is 7. The van der Waals surface area contributed by atoms with E-state index < -0.39 is 41.7 Å². The second kappa shape index (κ2) is 10.9. The Labute approximate surface area is 155 Å². The lowest BCUT2D eigenvalue weighted by Crippen LogP contribution is -2.33. The molecule has 2 rings (SSSR count). The Morgan fingerprint density at radius 3 is 2.63 bits per heavy atom. The number of nitrogens with one attached hydrogen (secondary N) is 1. The highest BCUT2D eigenvalue weighted by Gasteiger charge is 2.34. The third-order valence-corrected chi connectivity index (χ3v) is 4.13. The van der Waals surface area contributed by atoms with Gasteiger partial charge in [-0.2, -0.15) is 0 Å². The number of hydrogen-bond donors (Lipinski definition) is 6. The van der Waals surface area contributed by atoms with Crippen LogP contribution in [0, 0.1) is 6.92 Å². The van der Waals surface area contributed by atoms with Gasteiger partial charge < -0.3 is 31.5 Å². The van der Waals surface area contributed by atoms with Crippen molar-refractivity contribution in [3.63, 3.8) is 0 Å². The number of carboxylic acid groups (broad SMARTS) is 1. The number of H-pyrrole nitrogens is 1. The molecule has 0 radical (unpaired) electrons. The van der Waals surface area contributed by atoms with E-state index in [-0.39, 0.29) is 13.0 Å². The lowest BCUT2D eigenvalue weighted by atomic mass is 10.1. The summed E-state index contributed by atoms with van der Waals surface area (Å²) in [5.74, 6) is -0.933. The Morgan fingerprint density at radius 1 is 1.44 bits per heavy atom. The molecule has 4 atom stereocenters. The molecule has 1 unspecified atom stereocenters. The van der Waals surface area contributed by atoms with Gasteiger partial charge in [-0.05, 0) is 26.3 Å². The van der Waals surface area contributed by atoms with Crippen molar-refractivity contribution in [1.29, 1.82) is 0 Å². The Morgan fingerprint density at radius 2 is 2.11 bits per heavy atom. The largest absolute Gasteiger partial charge is 0.480 e. The highest BCUT2D eigenvalue weighted by atomic mass is 16.5. The summed E-state index contributed by atoms with van der Waals surface area (Å²) in [4.78, 5) is 35.1. The first-order valence-corrected chi connectivity index (χ1v) is 8.66. The lowest BCUT2D eigenvalue weighted by molar-refractivity contribution is -0.138. The molecular formula is C16H28N4O7. The summed E-state index contributed by atoms with van der Waals surface area (Å²) < 4.78 is 6.54. The van der Waals surface area contributed by atoms with E-state index in [1.54, 1.807) is 6.92 Å². The monoisotopic (exact) mass is 388 g/mol. The van der Waals surface area contributed by atoms with E-state index in [0.717, 1.165) is 12.8 Å². The van der Waals surface area contributed by atoms with E-state index >= 15 is 0 Å². The average Bonchev–Trinajstić information content (AvgIpc) is 2.99. The number of aliphatic carboxylic acids is 1. The summed E-state index contributed by atoms with van der Waals surface area (Å²) in [7, 11) is 0. The first-order valence-electron chi connectivity index (χ1n) is 8.66. The van der Waals surface area contributed by atoms with Gasteiger partial charge in [0.25, 0.3) is 5.56 Å². The van der Waals surface area contributed by atoms with E-state index in [1.807, 2.05) is 0 Å². The van der Waals surface area contributed by atoms with Crippen LogP contribution in [0.25, 0.3) is 0 Å². The van der Waals surface area contributed by atoms with Crippen molar-refractivity contribution in [3.05, 3.63) is 32.6 Å². The predicted octanol–water partition coefficient (Wildman–Crippen LogP) is -1.99. The molecule has 0 aromatic carbocycles. The maximum Gasteiger partial charge on any atom is 0.330 e. The van der Waals surface area contributed by atoms with E-state index in [0.29, 0.717) is 18.5 Å². The van der Waals surface area contributed by atoms with Crippen LogP contribution in [-0.4, -0.2) is 62.2 Å². The van der Waals surface area contributed by atoms with Gasteiger partial charge in [-0.25, -0.2) is 4.79 Å². The number of carboxylic acids is 1. The van der Waals surface area contributed by atoms with Gasteiger partial charge in [0.1, 0.15) is 18.4 Å². The summed E-state index contributed by atoms with van der Waals surface area (Å²) >= 11 is 0. The molecule has 1 aromatic rings. The molecule has 1 aliphatic rings. The predicted molar refractivity (Wildman–Crippen MR) is 96.2 cm³/mol. The fourth-order valence-corrected chi connectivity index (χ4v) is 2.48. The number of nitrogens with two attached hydrogens (primary N) is 2. The summed E-state index contributed by atoms with van der Waals surface area (Å²) in [6.07, 6.45) is 1.58. The molecule has 0 bridgehead atoms. The Kier molecular flexibility index (Phi) is 9.32. The molecule has 1 aliphatic heterocycles. The number of carbonyl (C=O) groups is 1. The first kappa shape index (κ1) is 23.0. The smallest absolute Gasteiger partial charge is 0.330 e. The molecule has 11 nitrogen and oxygen atoms in total. The first-order chi connectivity index (χ1) is 12.7. The molecule has 1 fully saturated rings. The number of nitrogens with zero attached hydrogens (tertiary/aromatic N) is 1. The second-order valence-corrected chi connectivity index (χ2v) is 6.32. The molecule has 0 aliphatic carbocycles. The van der Waals surface area contributed by atoms with Crippen molar-refractivity contribution in [2.45, 2.75) is 57.1 Å². The van der Waals surface area contributed by atoms with Crippen LogP contribution in [0.4, 0.5) is 0 Å². The molecule has 27 heavy (non-hydrogen) atoms. The van der Waals surface area contributed by atoms with Crippen molar-refractivity contribution in [2.24, 2.45) is 11.5 Å². The summed E-state index contributed by atoms with van der Waals surface area (Å²) in [5.41, 5.74) is 9.78. The molecule has 0 amide bonds. The highest BCUT2D eigenvalue weighted by Crippen LogP contribution is 2.27. The van der Waals surface area contributed by atoms with Gasteiger partial charge >= 0.3 is 11.7 Å². The number of aliphatic hydroxyl groups is 2. The van der Waals surface area contributed by atoms with Crippen molar-refractivity contribution in [3.8, 4) is 0 Å². The maximum absolute atomic E-state index is 11.6. The van der Waals surface area contributed by atoms with Crippen LogP contribution in [0.3, 0.4) is 0 Å². The number of unbranched alkanes of at least 4 members (excludes halogenated alkanes) is 1. The number of aromatic nitrogens is 2. The van der Waals surface area contributed by atoms with Crippen molar-refractivity contribution in [2.75, 3.05) is 13.2 Å². The highest BCUT2D eigenvalue weighted by molar-refractivity contribution is 5.72. The zero-order valence-electron chi connectivity index (χ0n) is 15.2. The van der Waals surface area contributed by atoms with E-state index in [1.165, 1.54) is 10.8 Å². The maximum atomic E-state index is 11.6. The molecule has 0 spiro atoms. The van der Waals surface area contributed by atoms with E-state index in [2.05, 4.69) is 4.98 Å². The van der Waals surface area contributed by atoms with Gasteiger partial charge in [0, 0.05) is 18.2 Å². The standard InChI is InChI=1S/C10H14N2O5.C6H14N2O2/c1-5-3-12(10(16)11-9(5)15)8-2-6(14)7(4-13)17-8;7-4-2-1-3-5(8)6(9)10/h3,6-8,13-14H,2,4H2,1H3,(H,11,15,16);5H,1-4,7-8H2,(H,9,10)/t6-,7+,8+;/m0./s1. The third kappa shape index (κ3) is 6.88. The van der Waals surface area contributed by atoms with E-state index in [4.69, 9.17) is 26.4 Å². The van der Waals surface area contributed by atoms with Gasteiger partial charge in [-0.1, -0.05) is 6.42 Å². The zero-order valence-corrected chi connectivity index (χ0v) is 15.2. The average molecular weight is 388 g/mol. The number of aryl methyl sites for hydroxylation is 1. The van der Waals surface area contributed by atoms with Gasteiger partial charge in [0.15, 0.2) is 0 Å². The fraction of sp³-hybridized carbons (Fsp3) is 0.688. The third-order valence-electron chi connectivity index (χ3n) is 4.13. The van der Waals surface area contributed by atoms with Crippen LogP contribution in [0.1, 0.15) is 37.5 Å².